The zero-order chi connectivity index (χ0) is 52.6. The van der Waals surface area contributed by atoms with Crippen LogP contribution in [0.4, 0.5) is 17.1 Å². The number of aromatic amines is 1. The number of rotatable bonds is 16. The third-order valence-electron chi connectivity index (χ3n) is 16.7. The van der Waals surface area contributed by atoms with Crippen LogP contribution in [0.1, 0.15) is 117 Å². The fourth-order valence-electron chi connectivity index (χ4n) is 12.1. The Morgan fingerprint density at radius 2 is 1.69 bits per heavy atom. The predicted octanol–water partition coefficient (Wildman–Crippen LogP) is 10.5. The lowest BCUT2D eigenvalue weighted by Gasteiger charge is -2.58. The molecule has 1 amide bonds. The second kappa shape index (κ2) is 21.2. The Morgan fingerprint density at radius 1 is 0.947 bits per heavy atom. The van der Waals surface area contributed by atoms with Gasteiger partial charge in [-0.25, -0.2) is 18.1 Å². The third-order valence-corrected chi connectivity index (χ3v) is 18.0. The van der Waals surface area contributed by atoms with E-state index in [-0.39, 0.29) is 34.4 Å². The molecule has 1 spiro atoms. The Hall–Kier alpha value is -6.53. The number of carbonyl (C=O) groups is 1. The smallest absolute Gasteiger partial charge is 0.293 e. The van der Waals surface area contributed by atoms with Crippen molar-refractivity contribution in [3.05, 3.63) is 141 Å². The number of nitrogens with zero attached hydrogens (tertiary/aromatic N) is 5. The number of sulfonamides is 1. The van der Waals surface area contributed by atoms with Crippen molar-refractivity contribution < 1.29 is 32.7 Å². The van der Waals surface area contributed by atoms with Gasteiger partial charge in [0.2, 0.25) is 0 Å². The summed E-state index contributed by atoms with van der Waals surface area (Å²) >= 11 is 0. The molecule has 396 valence electrons. The number of methoxy groups -OCH3 is 1. The van der Waals surface area contributed by atoms with Gasteiger partial charge in [0.05, 0.1) is 34.3 Å². The number of aliphatic hydroxyl groups is 1. The maximum absolute atomic E-state index is 14.2. The summed E-state index contributed by atoms with van der Waals surface area (Å²) in [6.07, 6.45) is 10.5. The highest BCUT2D eigenvalue weighted by molar-refractivity contribution is 7.90. The molecule has 4 aromatic carbocycles. The molecule has 0 radical (unpaired) electrons. The number of piperazine rings is 1. The van der Waals surface area contributed by atoms with Crippen LogP contribution in [0.25, 0.3) is 11.0 Å². The lowest BCUT2D eigenvalue weighted by Crippen LogP contribution is -2.60. The molecule has 10 rings (SSSR count). The van der Waals surface area contributed by atoms with E-state index in [2.05, 4.69) is 85.0 Å². The number of benzene rings is 4. The average molecular weight is 1040 g/mol. The Morgan fingerprint density at radius 3 is 2.41 bits per heavy atom. The molecule has 1 unspecified atom stereocenters. The molecule has 16 nitrogen and oxygen atoms in total. The van der Waals surface area contributed by atoms with Gasteiger partial charge in [-0.3, -0.25) is 24.7 Å². The highest BCUT2D eigenvalue weighted by Crippen LogP contribution is 2.53. The Labute approximate surface area is 440 Å². The van der Waals surface area contributed by atoms with E-state index in [0.717, 1.165) is 106 Å². The number of anilines is 2. The topological polar surface area (TPSA) is 195 Å². The van der Waals surface area contributed by atoms with Crippen molar-refractivity contribution >= 4 is 44.0 Å². The predicted molar refractivity (Wildman–Crippen MR) is 291 cm³/mol. The number of hydrogen-bond acceptors (Lipinski definition) is 13. The number of piperidine rings is 1. The quantitative estimate of drug-likeness (QED) is 0.0529. The van der Waals surface area contributed by atoms with Crippen LogP contribution in [0.2, 0.25) is 0 Å². The van der Waals surface area contributed by atoms with E-state index in [0.29, 0.717) is 42.7 Å². The minimum absolute atomic E-state index is 0.0273. The first-order valence-corrected chi connectivity index (χ1v) is 28.0. The summed E-state index contributed by atoms with van der Waals surface area (Å²) in [4.78, 5) is 40.7. The zero-order valence-electron chi connectivity index (χ0n) is 43.7. The molecule has 6 aromatic rings. The van der Waals surface area contributed by atoms with E-state index in [1.807, 2.05) is 44.3 Å². The van der Waals surface area contributed by atoms with Crippen molar-refractivity contribution in [1.29, 1.82) is 0 Å². The van der Waals surface area contributed by atoms with E-state index in [1.54, 1.807) is 25.4 Å². The van der Waals surface area contributed by atoms with Crippen molar-refractivity contribution in [3.63, 3.8) is 0 Å². The minimum atomic E-state index is -4.59. The second-order valence-corrected chi connectivity index (χ2v) is 23.9. The van der Waals surface area contributed by atoms with Gasteiger partial charge in [-0.15, -0.1) is 0 Å². The summed E-state index contributed by atoms with van der Waals surface area (Å²) in [5.74, 6) is 1.05. The number of amides is 1. The fraction of sp³-hybridized carbons (Fsp3) is 0.448. The summed E-state index contributed by atoms with van der Waals surface area (Å²) in [6, 6.07) is 28.8. The second-order valence-electron chi connectivity index (χ2n) is 22.2. The molecule has 4 N–H and O–H groups in total. The van der Waals surface area contributed by atoms with E-state index in [9.17, 15) is 28.4 Å². The van der Waals surface area contributed by atoms with Gasteiger partial charge in [0.25, 0.3) is 21.6 Å². The number of hydrogen-bond donors (Lipinski definition) is 4. The van der Waals surface area contributed by atoms with Crippen molar-refractivity contribution in [1.82, 2.24) is 24.5 Å². The molecular formula is C58H70N8O8S. The van der Waals surface area contributed by atoms with Gasteiger partial charge in [-0.1, -0.05) is 50.2 Å². The van der Waals surface area contributed by atoms with Crippen molar-refractivity contribution in [3.8, 4) is 17.2 Å². The van der Waals surface area contributed by atoms with Crippen LogP contribution >= 0.6 is 0 Å². The molecule has 0 bridgehead atoms. The third kappa shape index (κ3) is 11.4. The average Bonchev–Trinajstić information content (AvgIpc) is 3.76. The highest BCUT2D eigenvalue weighted by atomic mass is 32.2. The van der Waals surface area contributed by atoms with Gasteiger partial charge in [-0.2, -0.15) is 0 Å². The Bertz CT molecular complexity index is 3150. The summed E-state index contributed by atoms with van der Waals surface area (Å²) in [5, 5.41) is 26.6. The van der Waals surface area contributed by atoms with Crippen LogP contribution in [-0.4, -0.2) is 102 Å². The Kier molecular flexibility index (Phi) is 14.7. The normalized spacial score (nSPS) is 21.5. The zero-order valence-corrected chi connectivity index (χ0v) is 44.5. The number of aromatic nitrogens is 2. The fourth-order valence-corrected chi connectivity index (χ4v) is 13.1. The van der Waals surface area contributed by atoms with E-state index in [1.165, 1.54) is 28.8 Å². The molecule has 2 aliphatic heterocycles. The van der Waals surface area contributed by atoms with Gasteiger partial charge >= 0.3 is 0 Å². The van der Waals surface area contributed by atoms with Gasteiger partial charge in [-0.05, 0) is 147 Å². The minimum Gasteiger partial charge on any atom is -0.497 e. The molecule has 75 heavy (non-hydrogen) atoms. The van der Waals surface area contributed by atoms with Crippen LogP contribution in [0.3, 0.4) is 0 Å². The lowest BCUT2D eigenvalue weighted by molar-refractivity contribution is -0.384. The Balaban J connectivity index is 0.837. The molecule has 1 atom stereocenters. The van der Waals surface area contributed by atoms with Crippen LogP contribution in [0, 0.1) is 28.4 Å². The number of nitro benzene ring substituents is 1. The standard InChI is InChI=1S/C58H70N8O8S/c1-38(2)47-8-6-7-9-48(47)53-37-63(36-41-10-13-44(73-5)14-11-41)26-27-65(53)43-31-58(32-43)22-24-64(25-23-58)42-12-16-49(54(28-42)74-45-29-50-39(3)33-60-55(50)61-35-45)56(67)62-75(71,72)46-15-17-51(52(30-46)66(69)70)59-34-40-18-20-57(4,68)21-19-40/h6-17,28-30,33,35,38,40,43,53,59,68H,18-27,31-32,34,36-37H2,1-5H3,(H,60,61)(H,62,67)/t40-,53?,57-. The summed E-state index contributed by atoms with van der Waals surface area (Å²) in [5.41, 5.74) is 5.85. The highest BCUT2D eigenvalue weighted by Gasteiger charge is 2.50. The van der Waals surface area contributed by atoms with E-state index < -0.39 is 37.0 Å². The summed E-state index contributed by atoms with van der Waals surface area (Å²) in [6.45, 7) is 14.3. The molecule has 2 aromatic heterocycles. The van der Waals surface area contributed by atoms with Gasteiger partial charge in [0.1, 0.15) is 28.6 Å². The summed E-state index contributed by atoms with van der Waals surface area (Å²) < 4.78 is 41.8. The van der Waals surface area contributed by atoms with Gasteiger partial charge in [0.15, 0.2) is 0 Å². The molecule has 2 aliphatic carbocycles. The number of nitrogens with one attached hydrogen (secondary N) is 3. The van der Waals surface area contributed by atoms with Crippen LogP contribution in [-0.2, 0) is 16.6 Å². The van der Waals surface area contributed by atoms with Gasteiger partial charge < -0.3 is 29.8 Å². The number of ether oxygens (including phenoxy) is 2. The molecule has 2 saturated heterocycles. The molecule has 17 heteroatoms. The van der Waals surface area contributed by atoms with Crippen molar-refractivity contribution in [2.24, 2.45) is 11.3 Å². The monoisotopic (exact) mass is 1040 g/mol. The molecule has 2 saturated carbocycles. The van der Waals surface area contributed by atoms with Crippen molar-refractivity contribution in [2.75, 3.05) is 56.6 Å². The number of carbonyl (C=O) groups excluding carboxylic acids is 1. The maximum atomic E-state index is 14.2. The van der Waals surface area contributed by atoms with Crippen LogP contribution < -0.4 is 24.4 Å². The number of H-pyrrole nitrogens is 1. The molecule has 4 aliphatic rings. The first-order chi connectivity index (χ1) is 35.9. The molecule has 4 heterocycles. The largest absolute Gasteiger partial charge is 0.497 e. The maximum Gasteiger partial charge on any atom is 0.293 e. The van der Waals surface area contributed by atoms with Crippen LogP contribution in [0.15, 0.2) is 108 Å². The SMILES string of the molecule is COc1ccc(CN2CCN(C3CC4(CCN(c5ccc(C(=O)NS(=O)(=O)c6ccc(NC[C@H]7CC[C@](C)(O)CC7)c([N+](=O)[O-])c6)c(Oc6cnc7[nH]cc(C)c7c6)c5)CC4)C3)C(c3ccccc3C(C)C)C2)cc1. The first kappa shape index (κ1) is 51.9. The van der Waals surface area contributed by atoms with Crippen molar-refractivity contribution in [2.45, 2.75) is 114 Å². The number of pyridine rings is 1. The summed E-state index contributed by atoms with van der Waals surface area (Å²) in [7, 11) is -2.89. The number of fused-ring (bicyclic) bond motifs is 1. The van der Waals surface area contributed by atoms with E-state index >= 15 is 0 Å². The lowest BCUT2D eigenvalue weighted by atomic mass is 9.59. The first-order valence-electron chi connectivity index (χ1n) is 26.5. The van der Waals surface area contributed by atoms with Crippen LogP contribution in [0.5, 0.6) is 17.2 Å². The number of aryl methyl sites for hydroxylation is 1. The van der Waals surface area contributed by atoms with E-state index in [4.69, 9.17) is 9.47 Å². The molecule has 4 fully saturated rings. The van der Waals surface area contributed by atoms with Gasteiger partial charge in [0, 0.05) is 87.3 Å². The molecular weight excluding hydrogens is 969 g/mol. The number of nitro groups is 1.